The summed E-state index contributed by atoms with van der Waals surface area (Å²) in [4.78, 5) is 72.4. The minimum absolute atomic E-state index is 0.0795. The van der Waals surface area contributed by atoms with Crippen LogP contribution >= 0.6 is 0 Å². The molecule has 3 aromatic rings. The molecular weight excluding hydrogens is 506 g/mol. The number of carboxylic acid groups (broad SMARTS) is 1. The van der Waals surface area contributed by atoms with Crippen molar-refractivity contribution in [2.45, 2.75) is 33.3 Å². The van der Waals surface area contributed by atoms with Crippen LogP contribution in [0.15, 0.2) is 28.4 Å². The number of imidazole rings is 1. The third kappa shape index (κ3) is 10.5. The molecule has 0 aliphatic heterocycles. The van der Waals surface area contributed by atoms with Crippen molar-refractivity contribution in [2.75, 3.05) is 25.4 Å². The van der Waals surface area contributed by atoms with Gasteiger partial charge in [0.1, 0.15) is 17.9 Å². The zero-order valence-corrected chi connectivity index (χ0v) is 21.0. The van der Waals surface area contributed by atoms with E-state index in [0.29, 0.717) is 22.5 Å². The molecule has 0 radical (unpaired) electrons. The molecule has 3 heterocycles. The maximum absolute atomic E-state index is 11.6. The Balaban J connectivity index is 0.000000314. The third-order valence-electron chi connectivity index (χ3n) is 4.66. The molecule has 10 N–H and O–H groups in total. The van der Waals surface area contributed by atoms with Gasteiger partial charge in [-0.1, -0.05) is 13.8 Å². The van der Waals surface area contributed by atoms with Crippen LogP contribution < -0.4 is 28.0 Å². The number of fused-ring (bicyclic) bond motifs is 1. The van der Waals surface area contributed by atoms with Crippen molar-refractivity contribution in [3.8, 4) is 0 Å². The fourth-order valence-corrected chi connectivity index (χ4v) is 2.41. The van der Waals surface area contributed by atoms with E-state index in [4.69, 9.17) is 21.3 Å². The number of nitrogen functional groups attached to an aromatic ring is 1. The van der Waals surface area contributed by atoms with Gasteiger partial charge in [0.25, 0.3) is 5.56 Å². The molecule has 0 bridgehead atoms. The van der Waals surface area contributed by atoms with Gasteiger partial charge in [-0.2, -0.15) is 0 Å². The van der Waals surface area contributed by atoms with Crippen LogP contribution in [-0.4, -0.2) is 83.8 Å². The first-order valence-corrected chi connectivity index (χ1v) is 11.0. The summed E-state index contributed by atoms with van der Waals surface area (Å²) in [5, 5.41) is 20.5. The molecule has 38 heavy (non-hydrogen) atoms. The van der Waals surface area contributed by atoms with Crippen molar-refractivity contribution in [3.05, 3.63) is 45.3 Å². The Morgan fingerprint density at radius 1 is 1.18 bits per heavy atom. The Hall–Kier alpha value is -4.64. The molecule has 1 amide bonds. The highest BCUT2D eigenvalue weighted by atomic mass is 16.5. The number of nitrogens with two attached hydrogens (primary N) is 2. The van der Waals surface area contributed by atoms with Crippen LogP contribution in [0, 0.1) is 12.3 Å². The number of aliphatic hydroxyl groups is 1. The van der Waals surface area contributed by atoms with Crippen LogP contribution in [0.2, 0.25) is 0 Å². The topological polar surface area (TPSA) is 285 Å². The number of rotatable bonds is 8. The monoisotopic (exact) mass is 537 g/mol. The van der Waals surface area contributed by atoms with Gasteiger partial charge in [-0.15, -0.1) is 0 Å². The lowest BCUT2D eigenvalue weighted by atomic mass is 9.87. The number of aryl methyl sites for hydroxylation is 1. The number of nitrogens with zero attached hydrogens (tertiary/aromatic N) is 3. The number of ether oxygens (including phenoxy) is 1. The number of anilines is 1. The van der Waals surface area contributed by atoms with Gasteiger partial charge in [0, 0.05) is 23.7 Å². The number of carbonyl (C=O) groups excluding carboxylic acids is 2. The molecule has 0 aliphatic carbocycles. The normalized spacial score (nSPS) is 11.3. The molecule has 208 valence electrons. The van der Waals surface area contributed by atoms with Crippen LogP contribution in [0.3, 0.4) is 0 Å². The summed E-state index contributed by atoms with van der Waals surface area (Å²) >= 11 is 0. The lowest BCUT2D eigenvalue weighted by Crippen LogP contribution is -2.46. The van der Waals surface area contributed by atoms with E-state index in [9.17, 15) is 29.1 Å². The van der Waals surface area contributed by atoms with E-state index < -0.39 is 35.1 Å². The minimum atomic E-state index is -1.42. The standard InChI is InChI=1S/C11H20N2O6.C5H5N5.C5H6N2O2/c1-11(2,6-19-8(16)5-12)9(17)10(18)13-4-3-7(14)15;6-4-3-5(9-1-7-3)10-2-8-4;1-3-2-6-5(9)7-4(3)8/h9,17H,3-6,12H2,1-2H3,(H,13,18)(H,14,15);1-2H,(H3,6,7,8,9,10);2H,1H3,(H2,6,7,8,9). The molecule has 17 heteroatoms. The highest BCUT2D eigenvalue weighted by Gasteiger charge is 2.34. The van der Waals surface area contributed by atoms with Gasteiger partial charge in [-0.05, 0) is 6.92 Å². The molecule has 17 nitrogen and oxygen atoms in total. The Bertz CT molecular complexity index is 1330. The first-order chi connectivity index (χ1) is 17.8. The Kier molecular flexibility index (Phi) is 12.2. The highest BCUT2D eigenvalue weighted by molar-refractivity contribution is 5.82. The van der Waals surface area contributed by atoms with Crippen molar-refractivity contribution in [1.29, 1.82) is 0 Å². The molecule has 3 aromatic heterocycles. The molecule has 0 saturated carbocycles. The van der Waals surface area contributed by atoms with Gasteiger partial charge >= 0.3 is 17.6 Å². The molecule has 0 spiro atoms. The Labute approximate surface area is 215 Å². The van der Waals surface area contributed by atoms with E-state index in [1.54, 1.807) is 6.92 Å². The third-order valence-corrected chi connectivity index (χ3v) is 4.66. The number of hydrogen-bond donors (Lipinski definition) is 8. The quantitative estimate of drug-likeness (QED) is 0.141. The van der Waals surface area contributed by atoms with E-state index in [-0.39, 0.29) is 31.7 Å². The molecule has 1 unspecified atom stereocenters. The summed E-state index contributed by atoms with van der Waals surface area (Å²) in [7, 11) is 0. The number of H-pyrrole nitrogens is 3. The predicted octanol–water partition coefficient (Wildman–Crippen LogP) is -2.23. The lowest BCUT2D eigenvalue weighted by Gasteiger charge is -2.28. The van der Waals surface area contributed by atoms with Gasteiger partial charge in [-0.25, -0.2) is 19.7 Å². The largest absolute Gasteiger partial charge is 0.481 e. The number of aliphatic hydroxyl groups excluding tert-OH is 1. The Morgan fingerprint density at radius 2 is 1.87 bits per heavy atom. The van der Waals surface area contributed by atoms with Crippen molar-refractivity contribution in [3.63, 3.8) is 0 Å². The van der Waals surface area contributed by atoms with E-state index in [2.05, 4.69) is 35.2 Å². The second kappa shape index (κ2) is 14.8. The van der Waals surface area contributed by atoms with Crippen LogP contribution in [-0.2, 0) is 19.1 Å². The van der Waals surface area contributed by atoms with E-state index >= 15 is 0 Å². The van der Waals surface area contributed by atoms with Crippen molar-refractivity contribution < 1.29 is 29.3 Å². The lowest BCUT2D eigenvalue weighted by molar-refractivity contribution is -0.152. The second-order valence-electron chi connectivity index (χ2n) is 8.31. The van der Waals surface area contributed by atoms with Gasteiger partial charge in [-0.3, -0.25) is 24.2 Å². The number of aliphatic carboxylic acids is 1. The maximum Gasteiger partial charge on any atom is 0.325 e. The van der Waals surface area contributed by atoms with Crippen molar-refractivity contribution >= 4 is 34.8 Å². The number of aromatic amines is 3. The molecule has 0 fully saturated rings. The van der Waals surface area contributed by atoms with E-state index in [0.717, 1.165) is 0 Å². The fraction of sp³-hybridized carbons (Fsp3) is 0.429. The smallest absolute Gasteiger partial charge is 0.325 e. The first kappa shape index (κ1) is 31.4. The average molecular weight is 538 g/mol. The zero-order chi connectivity index (χ0) is 28.9. The van der Waals surface area contributed by atoms with Crippen molar-refractivity contribution in [1.82, 2.24) is 35.2 Å². The molecular formula is C21H31N9O8. The van der Waals surface area contributed by atoms with Gasteiger partial charge in [0.2, 0.25) is 5.91 Å². The van der Waals surface area contributed by atoms with Crippen LogP contribution in [0.1, 0.15) is 25.8 Å². The van der Waals surface area contributed by atoms with Gasteiger partial charge in [0.15, 0.2) is 11.5 Å². The summed E-state index contributed by atoms with van der Waals surface area (Å²) in [5.74, 6) is -1.96. The summed E-state index contributed by atoms with van der Waals surface area (Å²) in [5.41, 5.74) is 10.5. The summed E-state index contributed by atoms with van der Waals surface area (Å²) in [6.45, 7) is 4.17. The molecule has 0 saturated heterocycles. The minimum Gasteiger partial charge on any atom is -0.481 e. The number of nitrogens with one attached hydrogen (secondary N) is 4. The molecule has 0 aromatic carbocycles. The number of aromatic nitrogens is 6. The van der Waals surface area contributed by atoms with E-state index in [1.165, 1.54) is 32.7 Å². The van der Waals surface area contributed by atoms with Gasteiger partial charge < -0.3 is 41.7 Å². The number of amides is 1. The first-order valence-electron chi connectivity index (χ1n) is 11.0. The highest BCUT2D eigenvalue weighted by Crippen LogP contribution is 2.21. The second-order valence-corrected chi connectivity index (χ2v) is 8.31. The number of carboxylic acids is 1. The van der Waals surface area contributed by atoms with Crippen LogP contribution in [0.5, 0.6) is 0 Å². The number of hydrogen-bond acceptors (Lipinski definition) is 12. The zero-order valence-electron chi connectivity index (χ0n) is 21.0. The summed E-state index contributed by atoms with van der Waals surface area (Å²) in [6, 6.07) is 0. The number of carbonyl (C=O) groups is 3. The molecule has 0 aliphatic rings. The van der Waals surface area contributed by atoms with Crippen LogP contribution in [0.25, 0.3) is 11.2 Å². The summed E-state index contributed by atoms with van der Waals surface area (Å²) in [6.07, 6.45) is 2.64. The van der Waals surface area contributed by atoms with E-state index in [1.807, 2.05) is 0 Å². The molecule has 1 atom stereocenters. The summed E-state index contributed by atoms with van der Waals surface area (Å²) < 4.78 is 4.77. The van der Waals surface area contributed by atoms with Gasteiger partial charge in [0.05, 0.1) is 25.9 Å². The van der Waals surface area contributed by atoms with Crippen molar-refractivity contribution in [2.24, 2.45) is 11.1 Å². The average Bonchev–Trinajstić information content (AvgIpc) is 3.35. The maximum atomic E-state index is 11.6. The SMILES string of the molecule is CC(C)(COC(=O)CN)C(O)C(=O)NCCC(=O)O.Cc1c[nH]c(=O)[nH]c1=O.Nc1ncnc2nc[nH]c12. The fourth-order valence-electron chi connectivity index (χ4n) is 2.41. The Morgan fingerprint density at radius 3 is 2.42 bits per heavy atom. The number of esters is 1. The predicted molar refractivity (Wildman–Crippen MR) is 134 cm³/mol. The van der Waals surface area contributed by atoms with Crippen LogP contribution in [0.4, 0.5) is 5.82 Å². The molecule has 3 rings (SSSR count).